The number of likely N-dealkylation sites (tertiary alicyclic amines) is 1. The summed E-state index contributed by atoms with van der Waals surface area (Å²) in [7, 11) is 0. The van der Waals surface area contributed by atoms with Gasteiger partial charge in [-0.1, -0.05) is 18.2 Å². The molecule has 4 heteroatoms. The Bertz CT molecular complexity index is 552. The van der Waals surface area contributed by atoms with E-state index in [1.54, 1.807) is 6.07 Å². The number of hydrogen-bond donors (Lipinski definition) is 1. The van der Waals surface area contributed by atoms with E-state index in [1.165, 1.54) is 25.9 Å². The topological polar surface area (TPSA) is 45.5 Å². The van der Waals surface area contributed by atoms with Crippen LogP contribution in [0.15, 0.2) is 34.7 Å². The minimum absolute atomic E-state index is 0.123. The Kier molecular flexibility index (Phi) is 4.02. The number of carbonyl (C=O) groups excluding carboxylic acids is 1. The molecule has 0 bridgehead atoms. The molecule has 0 aliphatic carbocycles. The molecular formula is C16H20N2O2. The number of nitrogens with one attached hydrogen (secondary N) is 1. The first kappa shape index (κ1) is 13.2. The summed E-state index contributed by atoms with van der Waals surface area (Å²) in [6.07, 6.45) is 3.61. The van der Waals surface area contributed by atoms with Crippen molar-refractivity contribution in [1.29, 1.82) is 0 Å². The predicted molar refractivity (Wildman–Crippen MR) is 78.8 cm³/mol. The Balaban J connectivity index is 1.48. The van der Waals surface area contributed by atoms with E-state index in [4.69, 9.17) is 4.42 Å². The Morgan fingerprint density at radius 2 is 2.05 bits per heavy atom. The van der Waals surface area contributed by atoms with Crippen LogP contribution < -0.4 is 5.32 Å². The van der Waals surface area contributed by atoms with E-state index in [9.17, 15) is 4.79 Å². The average Bonchev–Trinajstić information content (AvgIpc) is 3.12. The second-order valence-electron chi connectivity index (χ2n) is 5.31. The molecule has 1 saturated heterocycles. The fourth-order valence-electron chi connectivity index (χ4n) is 2.69. The zero-order valence-corrected chi connectivity index (χ0v) is 11.6. The van der Waals surface area contributed by atoms with Crippen LogP contribution in [-0.2, 0) is 0 Å². The molecule has 4 nitrogen and oxygen atoms in total. The molecule has 0 spiro atoms. The van der Waals surface area contributed by atoms with Crippen molar-refractivity contribution in [2.45, 2.75) is 19.3 Å². The fourth-order valence-corrected chi connectivity index (χ4v) is 2.69. The summed E-state index contributed by atoms with van der Waals surface area (Å²) in [5.41, 5.74) is 0.759. The molecule has 1 aliphatic heterocycles. The zero-order chi connectivity index (χ0) is 13.8. The normalized spacial score (nSPS) is 15.8. The number of para-hydroxylation sites is 1. The molecule has 0 radical (unpaired) electrons. The van der Waals surface area contributed by atoms with Crippen LogP contribution in [0.1, 0.15) is 29.8 Å². The van der Waals surface area contributed by atoms with Crippen LogP contribution in [0.5, 0.6) is 0 Å². The van der Waals surface area contributed by atoms with Crippen molar-refractivity contribution in [2.24, 2.45) is 0 Å². The predicted octanol–water partition coefficient (Wildman–Crippen LogP) is 2.65. The summed E-state index contributed by atoms with van der Waals surface area (Å²) in [6, 6.07) is 9.47. The molecule has 0 saturated carbocycles. The Hall–Kier alpha value is -1.81. The van der Waals surface area contributed by atoms with Crippen LogP contribution in [0.2, 0.25) is 0 Å². The van der Waals surface area contributed by atoms with Crippen molar-refractivity contribution < 1.29 is 9.21 Å². The molecule has 1 aromatic heterocycles. The molecule has 1 amide bonds. The highest BCUT2D eigenvalue weighted by Crippen LogP contribution is 2.18. The summed E-state index contributed by atoms with van der Waals surface area (Å²) in [4.78, 5) is 14.4. The van der Waals surface area contributed by atoms with Gasteiger partial charge in [-0.25, -0.2) is 0 Å². The third kappa shape index (κ3) is 3.02. The summed E-state index contributed by atoms with van der Waals surface area (Å²) in [5, 5.41) is 3.89. The van der Waals surface area contributed by atoms with Crippen LogP contribution in [0.4, 0.5) is 0 Å². The number of rotatable bonds is 5. The number of hydrogen-bond acceptors (Lipinski definition) is 3. The molecular weight excluding hydrogens is 252 g/mol. The molecule has 1 aliphatic rings. The molecule has 1 aromatic carbocycles. The molecule has 0 unspecified atom stereocenters. The van der Waals surface area contributed by atoms with E-state index in [1.807, 2.05) is 24.3 Å². The van der Waals surface area contributed by atoms with Gasteiger partial charge in [0.05, 0.1) is 0 Å². The Morgan fingerprint density at radius 3 is 2.85 bits per heavy atom. The van der Waals surface area contributed by atoms with Crippen molar-refractivity contribution in [3.05, 3.63) is 36.1 Å². The highest BCUT2D eigenvalue weighted by molar-refractivity contribution is 5.95. The fraction of sp³-hybridized carbons (Fsp3) is 0.438. The Labute approximate surface area is 118 Å². The molecule has 20 heavy (non-hydrogen) atoms. The zero-order valence-electron chi connectivity index (χ0n) is 11.6. The molecule has 0 atom stereocenters. The van der Waals surface area contributed by atoms with E-state index in [2.05, 4.69) is 10.2 Å². The minimum atomic E-state index is -0.123. The second kappa shape index (κ2) is 6.09. The number of furan rings is 1. The van der Waals surface area contributed by atoms with Gasteiger partial charge >= 0.3 is 0 Å². The van der Waals surface area contributed by atoms with E-state index < -0.39 is 0 Å². The first-order chi connectivity index (χ1) is 9.83. The number of benzene rings is 1. The molecule has 106 valence electrons. The Morgan fingerprint density at radius 1 is 1.25 bits per heavy atom. The van der Waals surface area contributed by atoms with Crippen LogP contribution >= 0.6 is 0 Å². The maximum absolute atomic E-state index is 12.0. The van der Waals surface area contributed by atoms with Gasteiger partial charge in [0.25, 0.3) is 5.91 Å². The smallest absolute Gasteiger partial charge is 0.287 e. The molecule has 1 fully saturated rings. The van der Waals surface area contributed by atoms with Gasteiger partial charge in [0.15, 0.2) is 5.76 Å². The van der Waals surface area contributed by atoms with E-state index in [0.29, 0.717) is 12.3 Å². The highest BCUT2D eigenvalue weighted by Gasteiger charge is 2.13. The monoisotopic (exact) mass is 272 g/mol. The van der Waals surface area contributed by atoms with E-state index in [-0.39, 0.29) is 5.91 Å². The molecule has 3 rings (SSSR count). The van der Waals surface area contributed by atoms with Crippen molar-refractivity contribution in [1.82, 2.24) is 10.2 Å². The lowest BCUT2D eigenvalue weighted by Crippen LogP contribution is -2.28. The van der Waals surface area contributed by atoms with Crippen LogP contribution in [0.3, 0.4) is 0 Å². The standard InChI is InChI=1S/C16H20N2O2/c19-16(17-8-5-11-18-9-3-4-10-18)15-12-13-6-1-2-7-14(13)20-15/h1-2,6-7,12H,3-5,8-11H2,(H,17,19). The van der Waals surface area contributed by atoms with Gasteiger partial charge in [0.1, 0.15) is 5.58 Å². The lowest BCUT2D eigenvalue weighted by atomic mass is 10.2. The maximum Gasteiger partial charge on any atom is 0.287 e. The molecule has 2 aromatic rings. The van der Waals surface area contributed by atoms with E-state index >= 15 is 0 Å². The first-order valence-electron chi connectivity index (χ1n) is 7.32. The number of carbonyl (C=O) groups is 1. The summed E-state index contributed by atoms with van der Waals surface area (Å²) >= 11 is 0. The number of amides is 1. The van der Waals surface area contributed by atoms with Crippen molar-refractivity contribution in [2.75, 3.05) is 26.2 Å². The van der Waals surface area contributed by atoms with Crippen molar-refractivity contribution in [3.63, 3.8) is 0 Å². The quantitative estimate of drug-likeness (QED) is 0.851. The first-order valence-corrected chi connectivity index (χ1v) is 7.32. The third-order valence-electron chi connectivity index (χ3n) is 3.78. The van der Waals surface area contributed by atoms with Gasteiger partial charge in [-0.2, -0.15) is 0 Å². The van der Waals surface area contributed by atoms with E-state index in [0.717, 1.165) is 23.9 Å². The third-order valence-corrected chi connectivity index (χ3v) is 3.78. The highest BCUT2D eigenvalue weighted by atomic mass is 16.3. The van der Waals surface area contributed by atoms with Crippen LogP contribution in [-0.4, -0.2) is 37.0 Å². The van der Waals surface area contributed by atoms with Gasteiger partial charge < -0.3 is 14.6 Å². The van der Waals surface area contributed by atoms with Gasteiger partial charge in [-0.05, 0) is 51.0 Å². The minimum Gasteiger partial charge on any atom is -0.451 e. The number of nitrogens with zero attached hydrogens (tertiary/aromatic N) is 1. The largest absolute Gasteiger partial charge is 0.451 e. The summed E-state index contributed by atoms with van der Waals surface area (Å²) in [5.74, 6) is 0.273. The van der Waals surface area contributed by atoms with Crippen molar-refractivity contribution in [3.8, 4) is 0 Å². The van der Waals surface area contributed by atoms with Gasteiger partial charge in [-0.15, -0.1) is 0 Å². The van der Waals surface area contributed by atoms with Gasteiger partial charge in [0.2, 0.25) is 0 Å². The van der Waals surface area contributed by atoms with Crippen molar-refractivity contribution >= 4 is 16.9 Å². The summed E-state index contributed by atoms with van der Waals surface area (Å²) < 4.78 is 5.54. The lowest BCUT2D eigenvalue weighted by molar-refractivity contribution is 0.0926. The van der Waals surface area contributed by atoms with Gasteiger partial charge in [-0.3, -0.25) is 4.79 Å². The second-order valence-corrected chi connectivity index (χ2v) is 5.31. The SMILES string of the molecule is O=C(NCCCN1CCCC1)c1cc2ccccc2o1. The molecule has 1 N–H and O–H groups in total. The van der Waals surface area contributed by atoms with Crippen LogP contribution in [0.25, 0.3) is 11.0 Å². The van der Waals surface area contributed by atoms with Crippen LogP contribution in [0, 0.1) is 0 Å². The van der Waals surface area contributed by atoms with Gasteiger partial charge in [0, 0.05) is 11.9 Å². The molecule has 2 heterocycles. The lowest BCUT2D eigenvalue weighted by Gasteiger charge is -2.13. The number of fused-ring (bicyclic) bond motifs is 1. The maximum atomic E-state index is 12.0. The summed E-state index contributed by atoms with van der Waals surface area (Å²) in [6.45, 7) is 4.18. The average molecular weight is 272 g/mol.